The molecule has 0 aliphatic rings. The van der Waals surface area contributed by atoms with Crippen LogP contribution in [0.25, 0.3) is 5.82 Å². The van der Waals surface area contributed by atoms with Crippen molar-refractivity contribution in [3.05, 3.63) is 34.5 Å². The maximum absolute atomic E-state index is 5.86. The van der Waals surface area contributed by atoms with Gasteiger partial charge in [0.05, 0.1) is 16.9 Å². The molecule has 0 fully saturated rings. The normalized spacial score (nSPS) is 10.5. The maximum atomic E-state index is 5.86. The minimum Gasteiger partial charge on any atom is -0.226 e. The molecule has 2 aromatic rings. The predicted molar refractivity (Wildman–Crippen MR) is 53.9 cm³/mol. The molecule has 4 nitrogen and oxygen atoms in total. The molecule has 0 saturated carbocycles. The fraction of sp³-hybridized carbons (Fsp3) is 0.125. The zero-order valence-corrected chi connectivity index (χ0v) is 8.79. The van der Waals surface area contributed by atoms with Crippen molar-refractivity contribution in [3.8, 4) is 5.82 Å². The van der Waals surface area contributed by atoms with Crippen LogP contribution in [0.3, 0.4) is 0 Å². The molecule has 0 N–H and O–H groups in total. The van der Waals surface area contributed by atoms with Crippen molar-refractivity contribution in [1.82, 2.24) is 19.7 Å². The topological polar surface area (TPSA) is 43.6 Å². The second-order valence-corrected chi connectivity index (χ2v) is 3.44. The monoisotopic (exact) mass is 228 g/mol. The van der Waals surface area contributed by atoms with Crippen LogP contribution in [0.4, 0.5) is 0 Å². The Morgan fingerprint density at radius 1 is 1.36 bits per heavy atom. The molecule has 0 aliphatic carbocycles. The summed E-state index contributed by atoms with van der Waals surface area (Å²) >= 11 is 11.5. The van der Waals surface area contributed by atoms with Crippen LogP contribution < -0.4 is 0 Å². The Morgan fingerprint density at radius 2 is 2.14 bits per heavy atom. The van der Waals surface area contributed by atoms with E-state index in [1.165, 1.54) is 0 Å². The molecule has 0 atom stereocenters. The van der Waals surface area contributed by atoms with Crippen LogP contribution >= 0.6 is 23.2 Å². The second kappa shape index (κ2) is 3.55. The van der Waals surface area contributed by atoms with E-state index in [1.807, 2.05) is 6.92 Å². The lowest BCUT2D eigenvalue weighted by Crippen LogP contribution is -1.98. The number of aryl methyl sites for hydroxylation is 1. The molecule has 72 valence electrons. The summed E-state index contributed by atoms with van der Waals surface area (Å²) in [6.45, 7) is 1.82. The number of rotatable bonds is 1. The average Bonchev–Trinajstić information content (AvgIpc) is 2.47. The summed E-state index contributed by atoms with van der Waals surface area (Å²) in [6.07, 6.45) is 3.24. The molecule has 0 radical (unpaired) electrons. The summed E-state index contributed by atoms with van der Waals surface area (Å²) in [7, 11) is 0. The molecule has 2 heterocycles. The Kier molecular flexibility index (Phi) is 2.39. The third kappa shape index (κ3) is 1.71. The van der Waals surface area contributed by atoms with Crippen LogP contribution in [0.5, 0.6) is 0 Å². The Morgan fingerprint density at radius 3 is 2.71 bits per heavy atom. The molecule has 14 heavy (non-hydrogen) atoms. The van der Waals surface area contributed by atoms with E-state index in [2.05, 4.69) is 15.1 Å². The van der Waals surface area contributed by atoms with Gasteiger partial charge in [0.1, 0.15) is 0 Å². The molecule has 0 amide bonds. The van der Waals surface area contributed by atoms with Crippen LogP contribution in [0, 0.1) is 6.92 Å². The van der Waals surface area contributed by atoms with Gasteiger partial charge < -0.3 is 0 Å². The first-order chi connectivity index (χ1) is 6.66. The predicted octanol–water partition coefficient (Wildman–Crippen LogP) is 2.28. The van der Waals surface area contributed by atoms with Crippen LogP contribution in [0.15, 0.2) is 18.5 Å². The third-order valence-electron chi connectivity index (χ3n) is 1.69. The van der Waals surface area contributed by atoms with E-state index in [0.717, 1.165) is 5.69 Å². The summed E-state index contributed by atoms with van der Waals surface area (Å²) in [5.74, 6) is 0.597. The largest absolute Gasteiger partial charge is 0.226 e. The fourth-order valence-corrected chi connectivity index (χ4v) is 1.28. The number of hydrogen-bond donors (Lipinski definition) is 0. The highest BCUT2D eigenvalue weighted by molar-refractivity contribution is 6.31. The smallest absolute Gasteiger partial charge is 0.224 e. The first kappa shape index (κ1) is 9.43. The van der Waals surface area contributed by atoms with Gasteiger partial charge in [0.15, 0.2) is 5.82 Å². The Labute approximate surface area is 90.5 Å². The van der Waals surface area contributed by atoms with Crippen molar-refractivity contribution in [1.29, 1.82) is 0 Å². The minimum absolute atomic E-state index is 0.187. The number of halogens is 2. The van der Waals surface area contributed by atoms with Crippen LogP contribution in [-0.2, 0) is 0 Å². The van der Waals surface area contributed by atoms with Crippen LogP contribution in [0.1, 0.15) is 5.69 Å². The molecule has 0 aliphatic heterocycles. The van der Waals surface area contributed by atoms with Gasteiger partial charge in [-0.25, -0.2) is 9.67 Å². The lowest BCUT2D eigenvalue weighted by Gasteiger charge is -1.98. The van der Waals surface area contributed by atoms with E-state index in [4.69, 9.17) is 23.2 Å². The molecular weight excluding hydrogens is 223 g/mol. The second-order valence-electron chi connectivity index (χ2n) is 2.69. The van der Waals surface area contributed by atoms with Gasteiger partial charge in [-0.05, 0) is 18.5 Å². The first-order valence-corrected chi connectivity index (χ1v) is 4.63. The molecule has 0 bridgehead atoms. The number of nitrogens with zero attached hydrogens (tertiary/aromatic N) is 4. The fourth-order valence-electron chi connectivity index (χ4n) is 1.01. The summed E-state index contributed by atoms with van der Waals surface area (Å²) in [4.78, 5) is 7.77. The number of aromatic nitrogens is 4. The van der Waals surface area contributed by atoms with Gasteiger partial charge in [-0.15, -0.1) is 0 Å². The van der Waals surface area contributed by atoms with Crippen LogP contribution in [0.2, 0.25) is 10.3 Å². The van der Waals surface area contributed by atoms with Crippen molar-refractivity contribution in [3.63, 3.8) is 0 Å². The van der Waals surface area contributed by atoms with E-state index in [9.17, 15) is 0 Å². The summed E-state index contributed by atoms with van der Waals surface area (Å²) in [6, 6.07) is 1.70. The molecule has 0 spiro atoms. The van der Waals surface area contributed by atoms with E-state index in [-0.39, 0.29) is 5.28 Å². The Bertz CT molecular complexity index is 447. The van der Waals surface area contributed by atoms with Crippen molar-refractivity contribution in [2.75, 3.05) is 0 Å². The van der Waals surface area contributed by atoms with Gasteiger partial charge in [-0.3, -0.25) is 0 Å². The van der Waals surface area contributed by atoms with E-state index < -0.39 is 0 Å². The van der Waals surface area contributed by atoms with Gasteiger partial charge in [-0.2, -0.15) is 10.1 Å². The van der Waals surface area contributed by atoms with Crippen molar-refractivity contribution >= 4 is 23.2 Å². The zero-order chi connectivity index (χ0) is 10.1. The Balaban J connectivity index is 2.49. The molecule has 0 saturated heterocycles. The average molecular weight is 229 g/mol. The highest BCUT2D eigenvalue weighted by atomic mass is 35.5. The highest BCUT2D eigenvalue weighted by Crippen LogP contribution is 2.15. The lowest BCUT2D eigenvalue weighted by molar-refractivity contribution is 0.826. The lowest BCUT2D eigenvalue weighted by atomic mass is 10.5. The summed E-state index contributed by atoms with van der Waals surface area (Å²) < 4.78 is 1.56. The molecule has 0 aromatic carbocycles. The van der Waals surface area contributed by atoms with Crippen LogP contribution in [-0.4, -0.2) is 19.7 Å². The maximum Gasteiger partial charge on any atom is 0.224 e. The third-order valence-corrected chi connectivity index (χ3v) is 2.24. The standard InChI is InChI=1S/C8H6Cl2N4/c1-5-6(9)4-14(13-5)7-2-3-11-8(10)12-7/h2-4H,1H3. The SMILES string of the molecule is Cc1nn(-c2ccnc(Cl)n2)cc1Cl. The summed E-state index contributed by atoms with van der Waals surface area (Å²) in [5.41, 5.74) is 0.751. The van der Waals surface area contributed by atoms with E-state index in [1.54, 1.807) is 23.1 Å². The highest BCUT2D eigenvalue weighted by Gasteiger charge is 2.05. The van der Waals surface area contributed by atoms with Crippen molar-refractivity contribution in [2.45, 2.75) is 6.92 Å². The quantitative estimate of drug-likeness (QED) is 0.704. The summed E-state index contributed by atoms with van der Waals surface area (Å²) in [5, 5.41) is 4.94. The van der Waals surface area contributed by atoms with E-state index in [0.29, 0.717) is 10.8 Å². The van der Waals surface area contributed by atoms with Gasteiger partial charge in [0, 0.05) is 12.3 Å². The van der Waals surface area contributed by atoms with Gasteiger partial charge in [0.2, 0.25) is 5.28 Å². The van der Waals surface area contributed by atoms with Gasteiger partial charge in [0.25, 0.3) is 0 Å². The van der Waals surface area contributed by atoms with Gasteiger partial charge in [-0.1, -0.05) is 11.6 Å². The molecular formula is C8H6Cl2N4. The number of hydrogen-bond acceptors (Lipinski definition) is 3. The van der Waals surface area contributed by atoms with Gasteiger partial charge >= 0.3 is 0 Å². The first-order valence-electron chi connectivity index (χ1n) is 3.87. The molecule has 2 rings (SSSR count). The molecule has 0 unspecified atom stereocenters. The molecule has 2 aromatic heterocycles. The Hall–Kier alpha value is -1.13. The van der Waals surface area contributed by atoms with Crippen molar-refractivity contribution < 1.29 is 0 Å². The van der Waals surface area contributed by atoms with E-state index >= 15 is 0 Å². The van der Waals surface area contributed by atoms with Crippen molar-refractivity contribution in [2.24, 2.45) is 0 Å². The molecule has 6 heteroatoms. The minimum atomic E-state index is 0.187. The zero-order valence-electron chi connectivity index (χ0n) is 7.28.